The quantitative estimate of drug-likeness (QED) is 0.479. The lowest BCUT2D eigenvalue weighted by atomic mass is 9.67. The third-order valence-corrected chi connectivity index (χ3v) is 4.39. The van der Waals surface area contributed by atoms with Crippen molar-refractivity contribution in [3.8, 4) is 0 Å². The first-order chi connectivity index (χ1) is 5.46. The predicted octanol–water partition coefficient (Wildman–Crippen LogP) is 3.88. The molecule has 0 radical (unpaired) electrons. The largest absolute Gasteiger partial charge is 0.0710 e. The van der Waals surface area contributed by atoms with Crippen molar-refractivity contribution in [2.24, 2.45) is 23.7 Å². The van der Waals surface area contributed by atoms with Crippen molar-refractivity contribution in [3.05, 3.63) is 11.1 Å². The molecule has 12 heavy (non-hydrogen) atoms. The molecule has 70 valence electrons. The highest BCUT2D eigenvalue weighted by Crippen LogP contribution is 2.41. The van der Waals surface area contributed by atoms with Gasteiger partial charge in [-0.15, -0.1) is 0 Å². The van der Waals surface area contributed by atoms with Crippen LogP contribution in [-0.4, -0.2) is 0 Å². The van der Waals surface area contributed by atoms with Gasteiger partial charge in [-0.25, -0.2) is 0 Å². The van der Waals surface area contributed by atoms with Crippen LogP contribution in [0.1, 0.15) is 41.5 Å². The zero-order valence-corrected chi connectivity index (χ0v) is 9.31. The Morgan fingerprint density at radius 1 is 0.667 bits per heavy atom. The first-order valence-corrected chi connectivity index (χ1v) is 5.14. The fraction of sp³-hybridized carbons (Fsp3) is 0.833. The average Bonchev–Trinajstić information content (AvgIpc) is 2.08. The van der Waals surface area contributed by atoms with Crippen molar-refractivity contribution in [1.82, 2.24) is 0 Å². The standard InChI is InChI=1S/C12H22/c1-7-8(2)10(4)12(6)11(5)9(7)3/h7-10H,1-6H3/t7-,8?,9-,10+/m0/s1. The molecule has 0 heterocycles. The summed E-state index contributed by atoms with van der Waals surface area (Å²) in [6.45, 7) is 14.1. The second kappa shape index (κ2) is 3.24. The van der Waals surface area contributed by atoms with Crippen LogP contribution in [-0.2, 0) is 0 Å². The Morgan fingerprint density at radius 3 is 1.17 bits per heavy atom. The molecule has 0 fully saturated rings. The molecule has 0 saturated heterocycles. The highest BCUT2D eigenvalue weighted by Gasteiger charge is 2.31. The van der Waals surface area contributed by atoms with E-state index in [-0.39, 0.29) is 0 Å². The lowest BCUT2D eigenvalue weighted by Crippen LogP contribution is -2.29. The van der Waals surface area contributed by atoms with Crippen LogP contribution in [0.25, 0.3) is 0 Å². The third-order valence-electron chi connectivity index (χ3n) is 4.39. The van der Waals surface area contributed by atoms with E-state index in [0.29, 0.717) is 0 Å². The molecular weight excluding hydrogens is 144 g/mol. The van der Waals surface area contributed by atoms with Crippen molar-refractivity contribution in [1.29, 1.82) is 0 Å². The molecule has 0 aliphatic heterocycles. The second-order valence-electron chi connectivity index (χ2n) is 4.66. The first kappa shape index (κ1) is 9.83. The summed E-state index contributed by atoms with van der Waals surface area (Å²) < 4.78 is 0. The summed E-state index contributed by atoms with van der Waals surface area (Å²) in [4.78, 5) is 0. The number of hydrogen-bond acceptors (Lipinski definition) is 0. The Labute approximate surface area is 77.1 Å². The number of allylic oxidation sites excluding steroid dienone is 2. The fourth-order valence-corrected chi connectivity index (χ4v) is 2.42. The average molecular weight is 166 g/mol. The van der Waals surface area contributed by atoms with Gasteiger partial charge in [0.15, 0.2) is 0 Å². The molecule has 0 aromatic carbocycles. The molecule has 1 aliphatic carbocycles. The smallest absolute Gasteiger partial charge is 0.0203 e. The number of rotatable bonds is 0. The van der Waals surface area contributed by atoms with Crippen molar-refractivity contribution < 1.29 is 0 Å². The fourth-order valence-electron chi connectivity index (χ4n) is 2.42. The zero-order chi connectivity index (χ0) is 9.46. The van der Waals surface area contributed by atoms with Gasteiger partial charge in [0.05, 0.1) is 0 Å². The van der Waals surface area contributed by atoms with Crippen LogP contribution in [0.4, 0.5) is 0 Å². The van der Waals surface area contributed by atoms with E-state index in [2.05, 4.69) is 41.5 Å². The minimum absolute atomic E-state index is 0.788. The van der Waals surface area contributed by atoms with Crippen molar-refractivity contribution >= 4 is 0 Å². The maximum atomic E-state index is 2.39. The molecule has 1 rings (SSSR count). The van der Waals surface area contributed by atoms with Crippen molar-refractivity contribution in [2.45, 2.75) is 41.5 Å². The molecule has 0 N–H and O–H groups in total. The normalized spacial score (nSPS) is 43.5. The summed E-state index contributed by atoms with van der Waals surface area (Å²) in [7, 11) is 0. The lowest BCUT2D eigenvalue weighted by Gasteiger charge is -2.38. The molecule has 0 aromatic heterocycles. The van der Waals surface area contributed by atoms with E-state index in [4.69, 9.17) is 0 Å². The van der Waals surface area contributed by atoms with Crippen LogP contribution < -0.4 is 0 Å². The molecule has 0 amide bonds. The van der Waals surface area contributed by atoms with E-state index >= 15 is 0 Å². The van der Waals surface area contributed by atoms with Crippen LogP contribution >= 0.6 is 0 Å². The topological polar surface area (TPSA) is 0 Å². The summed E-state index contributed by atoms with van der Waals surface area (Å²) in [6.07, 6.45) is 0. The van der Waals surface area contributed by atoms with E-state index in [1.165, 1.54) is 0 Å². The van der Waals surface area contributed by atoms with Crippen LogP contribution in [0, 0.1) is 23.7 Å². The van der Waals surface area contributed by atoms with Crippen molar-refractivity contribution in [2.75, 3.05) is 0 Å². The summed E-state index contributed by atoms with van der Waals surface area (Å²) in [5, 5.41) is 0. The summed E-state index contributed by atoms with van der Waals surface area (Å²) >= 11 is 0. The third kappa shape index (κ3) is 1.32. The molecule has 4 atom stereocenters. The second-order valence-corrected chi connectivity index (χ2v) is 4.66. The van der Waals surface area contributed by atoms with Gasteiger partial charge in [-0.3, -0.25) is 0 Å². The zero-order valence-electron chi connectivity index (χ0n) is 9.31. The summed E-state index contributed by atoms with van der Waals surface area (Å²) in [5.74, 6) is 3.28. The van der Waals surface area contributed by atoms with Gasteiger partial charge in [-0.2, -0.15) is 0 Å². The summed E-state index contributed by atoms with van der Waals surface area (Å²) in [6, 6.07) is 0. The molecule has 0 aromatic rings. The Kier molecular flexibility index (Phi) is 2.65. The van der Waals surface area contributed by atoms with Gasteiger partial charge in [-0.05, 0) is 37.5 Å². The van der Waals surface area contributed by atoms with Gasteiger partial charge in [0.1, 0.15) is 0 Å². The molecule has 0 heteroatoms. The summed E-state index contributed by atoms with van der Waals surface area (Å²) in [5.41, 5.74) is 3.27. The van der Waals surface area contributed by atoms with Crippen LogP contribution in [0.15, 0.2) is 11.1 Å². The molecule has 0 bridgehead atoms. The van der Waals surface area contributed by atoms with E-state index in [1.807, 2.05) is 0 Å². The van der Waals surface area contributed by atoms with Crippen LogP contribution in [0.5, 0.6) is 0 Å². The lowest BCUT2D eigenvalue weighted by molar-refractivity contribution is 0.227. The minimum atomic E-state index is 0.788. The molecule has 0 nitrogen and oxygen atoms in total. The molecule has 0 spiro atoms. The Morgan fingerprint density at radius 2 is 0.917 bits per heavy atom. The maximum Gasteiger partial charge on any atom is -0.0203 e. The van der Waals surface area contributed by atoms with E-state index < -0.39 is 0 Å². The van der Waals surface area contributed by atoms with Crippen LogP contribution in [0.3, 0.4) is 0 Å². The van der Waals surface area contributed by atoms with E-state index in [9.17, 15) is 0 Å². The van der Waals surface area contributed by atoms with E-state index in [0.717, 1.165) is 23.7 Å². The van der Waals surface area contributed by atoms with Crippen molar-refractivity contribution in [3.63, 3.8) is 0 Å². The highest BCUT2D eigenvalue weighted by atomic mass is 14.4. The molecule has 1 unspecified atom stereocenters. The maximum absolute atomic E-state index is 2.39. The number of hydrogen-bond donors (Lipinski definition) is 0. The molecule has 0 saturated carbocycles. The Hall–Kier alpha value is -0.260. The first-order valence-electron chi connectivity index (χ1n) is 5.14. The van der Waals surface area contributed by atoms with Gasteiger partial charge in [0.25, 0.3) is 0 Å². The SMILES string of the molecule is CC1=C(C)[C@H](C)C(C)[C@H](C)[C@@H]1C. The van der Waals surface area contributed by atoms with Gasteiger partial charge < -0.3 is 0 Å². The minimum Gasteiger partial charge on any atom is -0.0710 e. The highest BCUT2D eigenvalue weighted by molar-refractivity contribution is 5.20. The van der Waals surface area contributed by atoms with Gasteiger partial charge in [-0.1, -0.05) is 38.8 Å². The monoisotopic (exact) mass is 166 g/mol. The van der Waals surface area contributed by atoms with Gasteiger partial charge >= 0.3 is 0 Å². The molecule has 1 aliphatic rings. The van der Waals surface area contributed by atoms with Crippen LogP contribution in [0.2, 0.25) is 0 Å². The van der Waals surface area contributed by atoms with E-state index in [1.54, 1.807) is 11.1 Å². The van der Waals surface area contributed by atoms with Gasteiger partial charge in [0, 0.05) is 0 Å². The predicted molar refractivity (Wildman–Crippen MR) is 55.0 cm³/mol. The Bertz CT molecular complexity index is 178. The Balaban J connectivity index is 3.00. The van der Waals surface area contributed by atoms with Gasteiger partial charge in [0.2, 0.25) is 0 Å². The molecular formula is C12H22.